The van der Waals surface area contributed by atoms with E-state index in [9.17, 15) is 4.79 Å². The predicted octanol–water partition coefficient (Wildman–Crippen LogP) is 2.71. The van der Waals surface area contributed by atoms with Gasteiger partial charge in [0, 0.05) is 30.1 Å². The Morgan fingerprint density at radius 3 is 3.08 bits per heavy atom. The molecule has 4 rings (SSSR count). The van der Waals surface area contributed by atoms with Crippen LogP contribution in [0.1, 0.15) is 28.9 Å². The van der Waals surface area contributed by atoms with E-state index in [1.807, 2.05) is 17.5 Å². The first-order valence-corrected chi connectivity index (χ1v) is 9.73. The van der Waals surface area contributed by atoms with Gasteiger partial charge in [-0.15, -0.1) is 11.3 Å². The third-order valence-corrected chi connectivity index (χ3v) is 5.88. The number of hydrogen-bond donors (Lipinski definition) is 1. The highest BCUT2D eigenvalue weighted by atomic mass is 32.1. The van der Waals surface area contributed by atoms with E-state index in [1.54, 1.807) is 0 Å². The summed E-state index contributed by atoms with van der Waals surface area (Å²) in [5.74, 6) is -0.123. The van der Waals surface area contributed by atoms with Crippen molar-refractivity contribution in [2.45, 2.75) is 31.9 Å². The van der Waals surface area contributed by atoms with Gasteiger partial charge in [0.05, 0.1) is 12.7 Å². The molecule has 2 saturated heterocycles. The normalized spacial score (nSPS) is 23.4. The molecule has 0 unspecified atom stereocenters. The van der Waals surface area contributed by atoms with Gasteiger partial charge in [-0.25, -0.2) is 4.98 Å². The fraction of sp³-hybridized carbons (Fsp3) is 0.474. The molecule has 5 nitrogen and oxygen atoms in total. The van der Waals surface area contributed by atoms with E-state index in [1.165, 1.54) is 29.7 Å². The van der Waals surface area contributed by atoms with Gasteiger partial charge in [-0.2, -0.15) is 0 Å². The number of carbonyl (C=O) groups is 1. The van der Waals surface area contributed by atoms with Crippen molar-refractivity contribution in [1.82, 2.24) is 15.2 Å². The van der Waals surface area contributed by atoms with Gasteiger partial charge >= 0.3 is 0 Å². The summed E-state index contributed by atoms with van der Waals surface area (Å²) in [6, 6.07) is 8.78. The van der Waals surface area contributed by atoms with Crippen molar-refractivity contribution in [2.75, 3.05) is 26.2 Å². The number of amides is 1. The Bertz CT molecular complexity index is 743. The van der Waals surface area contributed by atoms with Crippen LogP contribution >= 0.6 is 11.3 Å². The summed E-state index contributed by atoms with van der Waals surface area (Å²) in [7, 11) is 0. The monoisotopic (exact) mass is 357 g/mol. The zero-order chi connectivity index (χ0) is 17.2. The van der Waals surface area contributed by atoms with Crippen LogP contribution in [0.25, 0.3) is 10.6 Å². The average Bonchev–Trinajstić information content (AvgIpc) is 3.29. The number of aromatic nitrogens is 1. The van der Waals surface area contributed by atoms with Crippen LogP contribution in [-0.4, -0.2) is 54.2 Å². The molecule has 1 aromatic carbocycles. The first-order chi connectivity index (χ1) is 12.2. The molecule has 25 heavy (non-hydrogen) atoms. The molecule has 2 aromatic rings. The van der Waals surface area contributed by atoms with Gasteiger partial charge < -0.3 is 10.1 Å². The molecule has 1 aromatic heterocycles. The van der Waals surface area contributed by atoms with E-state index in [2.05, 4.69) is 34.3 Å². The Hall–Kier alpha value is -1.76. The summed E-state index contributed by atoms with van der Waals surface area (Å²) in [4.78, 5) is 19.3. The van der Waals surface area contributed by atoms with E-state index in [-0.39, 0.29) is 12.0 Å². The summed E-state index contributed by atoms with van der Waals surface area (Å²) in [6.45, 7) is 5.46. The van der Waals surface area contributed by atoms with Crippen LogP contribution in [0, 0.1) is 6.92 Å². The van der Waals surface area contributed by atoms with Gasteiger partial charge in [-0.1, -0.05) is 29.8 Å². The zero-order valence-electron chi connectivity index (χ0n) is 14.4. The highest BCUT2D eigenvalue weighted by Crippen LogP contribution is 2.24. The molecule has 2 aliphatic rings. The van der Waals surface area contributed by atoms with Crippen LogP contribution in [0.4, 0.5) is 0 Å². The molecule has 2 fully saturated rings. The van der Waals surface area contributed by atoms with Crippen LogP contribution in [0.3, 0.4) is 0 Å². The zero-order valence-corrected chi connectivity index (χ0v) is 15.2. The van der Waals surface area contributed by atoms with Crippen molar-refractivity contribution in [3.05, 3.63) is 40.9 Å². The van der Waals surface area contributed by atoms with E-state index in [4.69, 9.17) is 4.74 Å². The lowest BCUT2D eigenvalue weighted by molar-refractivity contribution is -0.0462. The number of morpholine rings is 1. The summed E-state index contributed by atoms with van der Waals surface area (Å²) in [6.07, 6.45) is 2.57. The van der Waals surface area contributed by atoms with Gasteiger partial charge in [0.25, 0.3) is 5.91 Å². The maximum Gasteiger partial charge on any atom is 0.270 e. The summed E-state index contributed by atoms with van der Waals surface area (Å²) >= 11 is 1.50. The number of nitrogens with zero attached hydrogens (tertiary/aromatic N) is 2. The van der Waals surface area contributed by atoms with Gasteiger partial charge in [0.2, 0.25) is 0 Å². The fourth-order valence-corrected chi connectivity index (χ4v) is 4.32. The van der Waals surface area contributed by atoms with Crippen molar-refractivity contribution in [2.24, 2.45) is 0 Å². The maximum absolute atomic E-state index is 12.4. The maximum atomic E-state index is 12.4. The molecule has 132 valence electrons. The third kappa shape index (κ3) is 3.76. The number of benzene rings is 1. The Balaban J connectivity index is 1.33. The first kappa shape index (κ1) is 16.7. The molecule has 0 bridgehead atoms. The minimum absolute atomic E-state index is 0.0773. The molecular formula is C19H23N3O2S. The molecule has 0 radical (unpaired) electrons. The highest BCUT2D eigenvalue weighted by molar-refractivity contribution is 7.13. The van der Waals surface area contributed by atoms with E-state index >= 15 is 0 Å². The number of aryl methyl sites for hydroxylation is 1. The third-order valence-electron chi connectivity index (χ3n) is 4.99. The first-order valence-electron chi connectivity index (χ1n) is 8.85. The largest absolute Gasteiger partial charge is 0.373 e. The SMILES string of the molecule is Cc1ccc(-c2nc(C(=O)NC[C@H]3CN4CCC[C@H]4CO3)cs2)cc1. The predicted molar refractivity (Wildman–Crippen MR) is 99.0 cm³/mol. The number of nitrogens with one attached hydrogen (secondary N) is 1. The standard InChI is InChI=1S/C19H23N3O2S/c1-13-4-6-14(7-5-13)19-21-17(12-25-19)18(23)20-9-16-10-22-8-2-3-15(22)11-24-16/h4-7,12,15-16H,2-3,8-11H2,1H3,(H,20,23)/t15-,16-/m0/s1. The average molecular weight is 357 g/mol. The number of thiazole rings is 1. The molecule has 6 heteroatoms. The number of carbonyl (C=O) groups excluding carboxylic acids is 1. The quantitative estimate of drug-likeness (QED) is 0.914. The smallest absolute Gasteiger partial charge is 0.270 e. The lowest BCUT2D eigenvalue weighted by Crippen LogP contribution is -2.50. The van der Waals surface area contributed by atoms with Crippen LogP contribution < -0.4 is 5.32 Å². The summed E-state index contributed by atoms with van der Waals surface area (Å²) in [5, 5.41) is 5.67. The second kappa shape index (κ2) is 7.23. The van der Waals surface area contributed by atoms with Gasteiger partial charge in [-0.3, -0.25) is 9.69 Å². The van der Waals surface area contributed by atoms with Gasteiger partial charge in [0.1, 0.15) is 10.7 Å². The molecule has 2 aliphatic heterocycles. The molecule has 2 atom stereocenters. The Morgan fingerprint density at radius 1 is 1.40 bits per heavy atom. The van der Waals surface area contributed by atoms with Gasteiger partial charge in [0.15, 0.2) is 0 Å². The number of ether oxygens (including phenoxy) is 1. The van der Waals surface area contributed by atoms with E-state index in [0.717, 1.165) is 30.3 Å². The van der Waals surface area contributed by atoms with Crippen molar-refractivity contribution in [1.29, 1.82) is 0 Å². The number of hydrogen-bond acceptors (Lipinski definition) is 5. The van der Waals surface area contributed by atoms with Crippen molar-refractivity contribution in [3.8, 4) is 10.6 Å². The molecule has 3 heterocycles. The molecule has 0 aliphatic carbocycles. The lowest BCUT2D eigenvalue weighted by atomic mass is 10.2. The molecule has 0 saturated carbocycles. The van der Waals surface area contributed by atoms with Crippen LogP contribution in [0.2, 0.25) is 0 Å². The van der Waals surface area contributed by atoms with Gasteiger partial charge in [-0.05, 0) is 26.3 Å². The second-order valence-electron chi connectivity index (χ2n) is 6.86. The summed E-state index contributed by atoms with van der Waals surface area (Å²) in [5.41, 5.74) is 2.74. The molecular weight excluding hydrogens is 334 g/mol. The van der Waals surface area contributed by atoms with Crippen LogP contribution in [-0.2, 0) is 4.74 Å². The topological polar surface area (TPSA) is 54.5 Å². The Morgan fingerprint density at radius 2 is 2.24 bits per heavy atom. The number of rotatable bonds is 4. The van der Waals surface area contributed by atoms with Crippen molar-refractivity contribution < 1.29 is 9.53 Å². The van der Waals surface area contributed by atoms with E-state index in [0.29, 0.717) is 18.3 Å². The molecule has 1 amide bonds. The van der Waals surface area contributed by atoms with Crippen LogP contribution in [0.5, 0.6) is 0 Å². The fourth-order valence-electron chi connectivity index (χ4n) is 3.51. The van der Waals surface area contributed by atoms with Crippen molar-refractivity contribution in [3.63, 3.8) is 0 Å². The lowest BCUT2D eigenvalue weighted by Gasteiger charge is -2.35. The number of fused-ring (bicyclic) bond motifs is 1. The molecule has 1 N–H and O–H groups in total. The molecule has 0 spiro atoms. The summed E-state index contributed by atoms with van der Waals surface area (Å²) < 4.78 is 5.89. The second-order valence-corrected chi connectivity index (χ2v) is 7.72. The van der Waals surface area contributed by atoms with E-state index < -0.39 is 0 Å². The minimum atomic E-state index is -0.123. The minimum Gasteiger partial charge on any atom is -0.373 e. The Kier molecular flexibility index (Phi) is 4.83. The van der Waals surface area contributed by atoms with Crippen molar-refractivity contribution >= 4 is 17.2 Å². The highest BCUT2D eigenvalue weighted by Gasteiger charge is 2.32. The van der Waals surface area contributed by atoms with Crippen LogP contribution in [0.15, 0.2) is 29.6 Å². The Labute approximate surface area is 152 Å².